The molecule has 0 spiro atoms. The van der Waals surface area contributed by atoms with Gasteiger partial charge in [0.1, 0.15) is 0 Å². The van der Waals surface area contributed by atoms with Crippen LogP contribution >= 0.6 is 23.2 Å². The molecular formula is C22H19Cl2NO2. The zero-order valence-electron chi connectivity index (χ0n) is 14.9. The van der Waals surface area contributed by atoms with E-state index in [-0.39, 0.29) is 23.5 Å². The van der Waals surface area contributed by atoms with Crippen LogP contribution in [0.1, 0.15) is 47.8 Å². The van der Waals surface area contributed by atoms with Gasteiger partial charge in [0.25, 0.3) is 0 Å². The van der Waals surface area contributed by atoms with Crippen LogP contribution in [0, 0.1) is 6.92 Å². The number of hydrogen-bond acceptors (Lipinski definition) is 2. The Labute approximate surface area is 168 Å². The van der Waals surface area contributed by atoms with Gasteiger partial charge in [-0.2, -0.15) is 0 Å². The molecule has 1 amide bonds. The van der Waals surface area contributed by atoms with Crippen LogP contribution in [0.3, 0.4) is 0 Å². The van der Waals surface area contributed by atoms with Crippen molar-refractivity contribution in [1.29, 1.82) is 0 Å². The largest absolute Gasteiger partial charge is 0.329 e. The molecule has 2 unspecified atom stereocenters. The van der Waals surface area contributed by atoms with Crippen molar-refractivity contribution < 1.29 is 9.59 Å². The van der Waals surface area contributed by atoms with Crippen LogP contribution in [-0.2, 0) is 9.59 Å². The van der Waals surface area contributed by atoms with Gasteiger partial charge in [-0.3, -0.25) is 9.59 Å². The number of benzene rings is 2. The summed E-state index contributed by atoms with van der Waals surface area (Å²) in [5.74, 6) is -0.121. The van der Waals surface area contributed by atoms with Crippen molar-refractivity contribution in [3.63, 3.8) is 0 Å². The Balaban J connectivity index is 1.73. The number of ketones is 1. The van der Waals surface area contributed by atoms with Crippen molar-refractivity contribution in [3.8, 4) is 0 Å². The highest BCUT2D eigenvalue weighted by Gasteiger charge is 2.38. The summed E-state index contributed by atoms with van der Waals surface area (Å²) < 4.78 is 0. The first-order valence-electron chi connectivity index (χ1n) is 9.00. The van der Waals surface area contributed by atoms with Crippen molar-refractivity contribution in [2.24, 2.45) is 0 Å². The van der Waals surface area contributed by atoms with E-state index in [1.807, 2.05) is 43.3 Å². The second-order valence-electron chi connectivity index (χ2n) is 7.26. The molecule has 4 rings (SSSR count). The third-order valence-electron chi connectivity index (χ3n) is 5.52. The average Bonchev–Trinajstić information content (AvgIpc) is 2.63. The molecule has 1 aliphatic heterocycles. The fourth-order valence-corrected chi connectivity index (χ4v) is 4.51. The lowest BCUT2D eigenvalue weighted by Gasteiger charge is -2.35. The third-order valence-corrected chi connectivity index (χ3v) is 6.25. The highest BCUT2D eigenvalue weighted by molar-refractivity contribution is 6.42. The predicted molar refractivity (Wildman–Crippen MR) is 107 cm³/mol. The molecule has 0 saturated carbocycles. The molecule has 3 nitrogen and oxygen atoms in total. The summed E-state index contributed by atoms with van der Waals surface area (Å²) in [5, 5.41) is 3.93. The maximum absolute atomic E-state index is 13.1. The topological polar surface area (TPSA) is 46.2 Å². The fourth-order valence-electron chi connectivity index (χ4n) is 4.21. The number of aryl methyl sites for hydroxylation is 1. The fraction of sp³-hybridized carbons (Fsp3) is 0.273. The molecule has 0 aromatic heterocycles. The third kappa shape index (κ3) is 3.42. The zero-order chi connectivity index (χ0) is 19.1. The van der Waals surface area contributed by atoms with Gasteiger partial charge < -0.3 is 5.32 Å². The van der Waals surface area contributed by atoms with Gasteiger partial charge in [0, 0.05) is 30.0 Å². The maximum Gasteiger partial charge on any atom is 0.225 e. The molecule has 5 heteroatoms. The number of nitrogens with one attached hydrogen (secondary N) is 1. The van der Waals surface area contributed by atoms with Crippen LogP contribution in [0.5, 0.6) is 0 Å². The Hall–Kier alpha value is -2.10. The molecule has 2 aliphatic rings. The molecule has 1 aliphatic carbocycles. The minimum atomic E-state index is -0.169. The molecule has 138 valence electrons. The SMILES string of the molecule is Cc1ccccc1C1CC(=O)NC2=C1C(=O)CC(c1ccc(Cl)c(Cl)c1)C2. The number of allylic oxidation sites excluding steroid dienone is 2. The standard InChI is InChI=1S/C22H19Cl2NO2/c1-12-4-2-3-5-15(12)16-11-21(27)25-19-9-14(10-20(26)22(16)19)13-6-7-17(23)18(24)8-13/h2-8,14,16H,9-11H2,1H3,(H,25,27). The number of carbonyl (C=O) groups is 2. The van der Waals surface area contributed by atoms with E-state index < -0.39 is 0 Å². The van der Waals surface area contributed by atoms with Crippen molar-refractivity contribution >= 4 is 34.9 Å². The van der Waals surface area contributed by atoms with Crippen molar-refractivity contribution in [1.82, 2.24) is 5.32 Å². The predicted octanol–water partition coefficient (Wildman–Crippen LogP) is 5.31. The molecule has 2 atom stereocenters. The second-order valence-corrected chi connectivity index (χ2v) is 8.07. The summed E-state index contributed by atoms with van der Waals surface area (Å²) in [6.45, 7) is 2.02. The van der Waals surface area contributed by atoms with Gasteiger partial charge >= 0.3 is 0 Å². The van der Waals surface area contributed by atoms with Gasteiger partial charge in [-0.1, -0.05) is 53.5 Å². The van der Waals surface area contributed by atoms with Crippen LogP contribution in [0.25, 0.3) is 0 Å². The summed E-state index contributed by atoms with van der Waals surface area (Å²) in [7, 11) is 0. The zero-order valence-corrected chi connectivity index (χ0v) is 16.4. The van der Waals surface area contributed by atoms with Crippen LogP contribution in [-0.4, -0.2) is 11.7 Å². The van der Waals surface area contributed by atoms with Crippen LogP contribution < -0.4 is 5.32 Å². The lowest BCUT2D eigenvalue weighted by atomic mass is 9.73. The number of amides is 1. The Morgan fingerprint density at radius 1 is 0.963 bits per heavy atom. The van der Waals surface area contributed by atoms with E-state index in [1.54, 1.807) is 6.07 Å². The van der Waals surface area contributed by atoms with E-state index in [2.05, 4.69) is 5.32 Å². The van der Waals surface area contributed by atoms with Gasteiger partial charge in [-0.25, -0.2) is 0 Å². The molecule has 0 radical (unpaired) electrons. The van der Waals surface area contributed by atoms with Gasteiger partial charge in [0.05, 0.1) is 10.0 Å². The molecule has 0 fully saturated rings. The van der Waals surface area contributed by atoms with E-state index >= 15 is 0 Å². The van der Waals surface area contributed by atoms with Crippen molar-refractivity contribution in [2.75, 3.05) is 0 Å². The normalized spacial score (nSPS) is 22.5. The highest BCUT2D eigenvalue weighted by atomic mass is 35.5. The number of carbonyl (C=O) groups excluding carboxylic acids is 2. The summed E-state index contributed by atoms with van der Waals surface area (Å²) >= 11 is 12.2. The second kappa shape index (κ2) is 7.14. The summed E-state index contributed by atoms with van der Waals surface area (Å²) in [5.41, 5.74) is 4.65. The van der Waals surface area contributed by atoms with E-state index in [4.69, 9.17) is 23.2 Å². The maximum atomic E-state index is 13.1. The van der Waals surface area contributed by atoms with Gasteiger partial charge in [0.2, 0.25) is 5.91 Å². The van der Waals surface area contributed by atoms with Crippen LogP contribution in [0.4, 0.5) is 0 Å². The monoisotopic (exact) mass is 399 g/mol. The Bertz CT molecular complexity index is 980. The Kier molecular flexibility index (Phi) is 4.83. The molecule has 27 heavy (non-hydrogen) atoms. The Morgan fingerprint density at radius 3 is 2.48 bits per heavy atom. The molecule has 2 aromatic carbocycles. The molecule has 0 saturated heterocycles. The summed E-state index contributed by atoms with van der Waals surface area (Å²) in [6.07, 6.45) is 1.34. The lowest BCUT2D eigenvalue weighted by molar-refractivity contribution is -0.122. The lowest BCUT2D eigenvalue weighted by Crippen LogP contribution is -2.38. The molecule has 2 aromatic rings. The first-order chi connectivity index (χ1) is 12.9. The van der Waals surface area contributed by atoms with Gasteiger partial charge in [-0.15, -0.1) is 0 Å². The quantitative estimate of drug-likeness (QED) is 0.743. The number of rotatable bonds is 2. The number of halogens is 2. The van der Waals surface area contributed by atoms with Crippen molar-refractivity contribution in [3.05, 3.63) is 80.5 Å². The molecule has 1 N–H and O–H groups in total. The first kappa shape index (κ1) is 18.3. The Morgan fingerprint density at radius 2 is 1.74 bits per heavy atom. The van der Waals surface area contributed by atoms with E-state index in [0.717, 1.165) is 28.0 Å². The summed E-state index contributed by atoms with van der Waals surface area (Å²) in [6, 6.07) is 13.4. The minimum Gasteiger partial charge on any atom is -0.329 e. The molecule has 1 heterocycles. The van der Waals surface area contributed by atoms with Crippen LogP contribution in [0.2, 0.25) is 10.0 Å². The minimum absolute atomic E-state index is 0.0121. The number of Topliss-reactive ketones (excluding diaryl/α,β-unsaturated/α-hetero) is 1. The van der Waals surface area contributed by atoms with Crippen molar-refractivity contribution in [2.45, 2.75) is 38.0 Å². The van der Waals surface area contributed by atoms with E-state index in [1.165, 1.54) is 0 Å². The molecular weight excluding hydrogens is 381 g/mol. The number of hydrogen-bond donors (Lipinski definition) is 1. The van der Waals surface area contributed by atoms with E-state index in [9.17, 15) is 9.59 Å². The van der Waals surface area contributed by atoms with Gasteiger partial charge in [0.15, 0.2) is 5.78 Å². The summed E-state index contributed by atoms with van der Waals surface area (Å²) in [4.78, 5) is 25.5. The van der Waals surface area contributed by atoms with E-state index in [0.29, 0.717) is 29.3 Å². The molecule has 0 bridgehead atoms. The smallest absolute Gasteiger partial charge is 0.225 e. The first-order valence-corrected chi connectivity index (χ1v) is 9.76. The van der Waals surface area contributed by atoms with Crippen LogP contribution in [0.15, 0.2) is 53.7 Å². The average molecular weight is 400 g/mol. The van der Waals surface area contributed by atoms with Gasteiger partial charge in [-0.05, 0) is 48.1 Å². The highest BCUT2D eigenvalue weighted by Crippen LogP contribution is 2.43.